The Morgan fingerprint density at radius 3 is 2.90 bits per heavy atom. The normalized spacial score (nSPS) is 9.70. The van der Waals surface area contributed by atoms with Gasteiger partial charge in [-0.15, -0.1) is 0 Å². The molecular weight excluding hydrogens is 148 g/mol. The maximum atomic E-state index is 9.86. The number of aldehydes is 1. The van der Waals surface area contributed by atoms with E-state index >= 15 is 0 Å². The molecule has 2 nitrogen and oxygen atoms in total. The molecule has 0 heterocycles. The summed E-state index contributed by atoms with van der Waals surface area (Å²) in [6, 6.07) is 0. The molecule has 0 aliphatic rings. The first-order chi connectivity index (χ1) is 4.91. The van der Waals surface area contributed by atoms with Gasteiger partial charge in [0.15, 0.2) is 0 Å². The summed E-state index contributed by atoms with van der Waals surface area (Å²) >= 11 is 1.81. The Morgan fingerprint density at radius 1 is 1.50 bits per heavy atom. The molecule has 60 valence electrons. The second kappa shape index (κ2) is 8.98. The van der Waals surface area contributed by atoms with Crippen molar-refractivity contribution in [3.05, 3.63) is 0 Å². The molecule has 0 aromatic rings. The Labute approximate surface area is 66.3 Å². The number of hydrogen-bond donors (Lipinski definition) is 0. The summed E-state index contributed by atoms with van der Waals surface area (Å²) in [5, 5.41) is 0. The van der Waals surface area contributed by atoms with E-state index < -0.39 is 0 Å². The molecular formula is C7H14O2S. The van der Waals surface area contributed by atoms with Crippen molar-refractivity contribution in [1.82, 2.24) is 0 Å². The first kappa shape index (κ1) is 9.98. The maximum Gasteiger partial charge on any atom is 0.120 e. The zero-order chi connectivity index (χ0) is 7.66. The van der Waals surface area contributed by atoms with E-state index in [0.717, 1.165) is 30.8 Å². The van der Waals surface area contributed by atoms with Crippen molar-refractivity contribution in [2.75, 3.05) is 25.2 Å². The molecule has 0 amide bonds. The summed E-state index contributed by atoms with van der Waals surface area (Å²) in [6.07, 6.45) is 2.72. The van der Waals surface area contributed by atoms with Gasteiger partial charge in [0.05, 0.1) is 0 Å². The maximum absolute atomic E-state index is 9.86. The van der Waals surface area contributed by atoms with Crippen LogP contribution in [0, 0.1) is 0 Å². The van der Waals surface area contributed by atoms with Crippen molar-refractivity contribution in [3.63, 3.8) is 0 Å². The summed E-state index contributed by atoms with van der Waals surface area (Å²) < 4.78 is 4.87. The van der Waals surface area contributed by atoms with Gasteiger partial charge in [-0.3, -0.25) is 0 Å². The van der Waals surface area contributed by atoms with Crippen LogP contribution in [0.4, 0.5) is 0 Å². The lowest BCUT2D eigenvalue weighted by Crippen LogP contribution is -1.91. The molecule has 0 fully saturated rings. The van der Waals surface area contributed by atoms with Gasteiger partial charge < -0.3 is 9.53 Å². The van der Waals surface area contributed by atoms with Gasteiger partial charge >= 0.3 is 0 Å². The molecule has 0 aliphatic carbocycles. The zero-order valence-corrected chi connectivity index (χ0v) is 7.15. The smallest absolute Gasteiger partial charge is 0.120 e. The minimum absolute atomic E-state index is 0.678. The van der Waals surface area contributed by atoms with Crippen molar-refractivity contribution in [1.29, 1.82) is 0 Å². The van der Waals surface area contributed by atoms with Crippen LogP contribution in [0.2, 0.25) is 0 Å². The van der Waals surface area contributed by atoms with Gasteiger partial charge in [0.25, 0.3) is 0 Å². The van der Waals surface area contributed by atoms with Crippen LogP contribution in [0.25, 0.3) is 0 Å². The Morgan fingerprint density at radius 2 is 2.30 bits per heavy atom. The molecule has 0 saturated carbocycles. The highest BCUT2D eigenvalue weighted by Crippen LogP contribution is 2.02. The van der Waals surface area contributed by atoms with E-state index in [9.17, 15) is 4.79 Å². The van der Waals surface area contributed by atoms with Gasteiger partial charge in [-0.2, -0.15) is 11.8 Å². The van der Waals surface area contributed by atoms with Gasteiger partial charge in [0.1, 0.15) is 6.29 Å². The van der Waals surface area contributed by atoms with Crippen LogP contribution in [-0.2, 0) is 9.53 Å². The molecule has 0 saturated heterocycles. The summed E-state index contributed by atoms with van der Waals surface area (Å²) in [7, 11) is 1.70. The summed E-state index contributed by atoms with van der Waals surface area (Å²) in [5.41, 5.74) is 0. The van der Waals surface area contributed by atoms with Crippen LogP contribution < -0.4 is 0 Å². The molecule has 0 radical (unpaired) electrons. The van der Waals surface area contributed by atoms with Crippen molar-refractivity contribution < 1.29 is 9.53 Å². The fourth-order valence-corrected chi connectivity index (χ4v) is 1.33. The molecule has 0 spiro atoms. The number of methoxy groups -OCH3 is 1. The van der Waals surface area contributed by atoms with Crippen LogP contribution in [0.3, 0.4) is 0 Å². The van der Waals surface area contributed by atoms with E-state index in [1.807, 2.05) is 0 Å². The summed E-state index contributed by atoms with van der Waals surface area (Å²) in [6.45, 7) is 0.827. The highest BCUT2D eigenvalue weighted by molar-refractivity contribution is 7.99. The number of carbonyl (C=O) groups is 1. The number of ether oxygens (including phenoxy) is 1. The highest BCUT2D eigenvalue weighted by Gasteiger charge is 1.87. The number of hydrogen-bond acceptors (Lipinski definition) is 3. The van der Waals surface area contributed by atoms with Crippen LogP contribution in [0.15, 0.2) is 0 Å². The Bertz CT molecular complexity index is 76.0. The number of carbonyl (C=O) groups excluding carboxylic acids is 1. The lowest BCUT2D eigenvalue weighted by atomic mass is 10.5. The van der Waals surface area contributed by atoms with E-state index in [2.05, 4.69) is 0 Å². The Hall–Kier alpha value is -0.0200. The third kappa shape index (κ3) is 7.98. The molecule has 0 aromatic carbocycles. The minimum Gasteiger partial charge on any atom is -0.385 e. The van der Waals surface area contributed by atoms with Crippen molar-refractivity contribution in [2.45, 2.75) is 12.8 Å². The standard InChI is InChI=1S/C7H14O2S/c1-9-5-3-7-10-6-2-4-8/h4H,2-3,5-7H2,1H3. The van der Waals surface area contributed by atoms with Crippen LogP contribution in [0.1, 0.15) is 12.8 Å². The molecule has 3 heteroatoms. The number of thioether (sulfide) groups is 1. The molecule has 0 rings (SSSR count). The lowest BCUT2D eigenvalue weighted by Gasteiger charge is -1.97. The lowest BCUT2D eigenvalue weighted by molar-refractivity contribution is -0.107. The van der Waals surface area contributed by atoms with Crippen molar-refractivity contribution >= 4 is 18.0 Å². The van der Waals surface area contributed by atoms with Crippen LogP contribution >= 0.6 is 11.8 Å². The van der Waals surface area contributed by atoms with E-state index in [-0.39, 0.29) is 0 Å². The Balaban J connectivity index is 2.70. The molecule has 0 aliphatic heterocycles. The predicted molar refractivity (Wildman–Crippen MR) is 44.5 cm³/mol. The minimum atomic E-state index is 0.678. The third-order valence-corrected chi connectivity index (χ3v) is 2.12. The molecule has 10 heavy (non-hydrogen) atoms. The van der Waals surface area contributed by atoms with E-state index in [1.165, 1.54) is 0 Å². The van der Waals surface area contributed by atoms with E-state index in [0.29, 0.717) is 6.42 Å². The molecule has 0 N–H and O–H groups in total. The second-order valence-corrected chi connectivity index (χ2v) is 3.14. The van der Waals surface area contributed by atoms with Crippen LogP contribution in [-0.4, -0.2) is 31.5 Å². The topological polar surface area (TPSA) is 26.3 Å². The molecule has 0 atom stereocenters. The monoisotopic (exact) mass is 162 g/mol. The fraction of sp³-hybridized carbons (Fsp3) is 0.857. The van der Waals surface area contributed by atoms with Gasteiger partial charge in [-0.25, -0.2) is 0 Å². The Kier molecular flexibility index (Phi) is 8.96. The predicted octanol–water partition coefficient (Wildman–Crippen LogP) is 1.35. The molecule has 0 aromatic heterocycles. The highest BCUT2D eigenvalue weighted by atomic mass is 32.2. The average Bonchev–Trinajstić information content (AvgIpc) is 1.97. The summed E-state index contributed by atoms with van der Waals surface area (Å²) in [5.74, 6) is 2.05. The van der Waals surface area contributed by atoms with Crippen molar-refractivity contribution in [2.24, 2.45) is 0 Å². The fourth-order valence-electron chi connectivity index (χ4n) is 0.539. The average molecular weight is 162 g/mol. The molecule has 0 unspecified atom stereocenters. The number of rotatable bonds is 7. The van der Waals surface area contributed by atoms with Gasteiger partial charge in [0.2, 0.25) is 0 Å². The van der Waals surface area contributed by atoms with Gasteiger partial charge in [0, 0.05) is 20.1 Å². The first-order valence-corrected chi connectivity index (χ1v) is 4.57. The third-order valence-electron chi connectivity index (χ3n) is 1.02. The van der Waals surface area contributed by atoms with Gasteiger partial charge in [-0.1, -0.05) is 0 Å². The largest absolute Gasteiger partial charge is 0.385 e. The SMILES string of the molecule is COCCCSCCC=O. The molecule has 0 bridgehead atoms. The van der Waals surface area contributed by atoms with Crippen molar-refractivity contribution in [3.8, 4) is 0 Å². The summed E-state index contributed by atoms with van der Waals surface area (Å²) in [4.78, 5) is 9.86. The second-order valence-electron chi connectivity index (χ2n) is 1.91. The van der Waals surface area contributed by atoms with E-state index in [4.69, 9.17) is 4.74 Å². The quantitative estimate of drug-likeness (QED) is 0.417. The zero-order valence-electron chi connectivity index (χ0n) is 6.34. The van der Waals surface area contributed by atoms with Crippen LogP contribution in [0.5, 0.6) is 0 Å². The first-order valence-electron chi connectivity index (χ1n) is 3.42. The van der Waals surface area contributed by atoms with Gasteiger partial charge in [-0.05, 0) is 17.9 Å². The van der Waals surface area contributed by atoms with E-state index in [1.54, 1.807) is 18.9 Å².